The van der Waals surface area contributed by atoms with Crippen LogP contribution >= 0.6 is 0 Å². The van der Waals surface area contributed by atoms with E-state index >= 15 is 0 Å². The molecule has 0 N–H and O–H groups in total. The molecule has 1 aromatic heterocycles. The molecule has 0 aliphatic carbocycles. The average molecular weight is 286 g/mol. The van der Waals surface area contributed by atoms with Crippen molar-refractivity contribution in [1.29, 1.82) is 0 Å². The molecule has 0 fully saturated rings. The zero-order valence-electron chi connectivity index (χ0n) is 9.69. The molecule has 1 aromatic carbocycles. The predicted octanol–water partition coefficient (Wildman–Crippen LogP) is 3.81. The Labute approximate surface area is 109 Å². The van der Waals surface area contributed by atoms with E-state index in [0.717, 1.165) is 30.3 Å². The van der Waals surface area contributed by atoms with Crippen LogP contribution in [-0.2, 0) is 6.18 Å². The highest BCUT2D eigenvalue weighted by molar-refractivity contribution is 5.63. The highest BCUT2D eigenvalue weighted by atomic mass is 19.4. The van der Waals surface area contributed by atoms with Crippen molar-refractivity contribution in [3.05, 3.63) is 58.0 Å². The molecule has 0 saturated carbocycles. The Balaban J connectivity index is 2.58. The van der Waals surface area contributed by atoms with Gasteiger partial charge in [0, 0.05) is 11.6 Å². The molecule has 1 heterocycles. The molecular formula is C12H6F4N2O2. The van der Waals surface area contributed by atoms with E-state index in [4.69, 9.17) is 0 Å². The first-order valence-corrected chi connectivity index (χ1v) is 5.28. The molecule has 0 unspecified atom stereocenters. The summed E-state index contributed by atoms with van der Waals surface area (Å²) in [6, 6.07) is 6.18. The minimum absolute atomic E-state index is 0.318. The Kier molecular flexibility index (Phi) is 3.39. The first kappa shape index (κ1) is 13.9. The Morgan fingerprint density at radius 1 is 1.10 bits per heavy atom. The summed E-state index contributed by atoms with van der Waals surface area (Å²) in [5, 5.41) is 10.6. The molecule has 0 radical (unpaired) electrons. The topological polar surface area (TPSA) is 56.0 Å². The Morgan fingerprint density at radius 2 is 1.75 bits per heavy atom. The molecular weight excluding hydrogens is 280 g/mol. The van der Waals surface area contributed by atoms with E-state index in [1.807, 2.05) is 0 Å². The summed E-state index contributed by atoms with van der Waals surface area (Å²) >= 11 is 0. The normalized spacial score (nSPS) is 11.4. The second-order valence-corrected chi connectivity index (χ2v) is 3.80. The van der Waals surface area contributed by atoms with Gasteiger partial charge in [-0.1, -0.05) is 12.1 Å². The maximum absolute atomic E-state index is 13.9. The summed E-state index contributed by atoms with van der Waals surface area (Å²) in [6.45, 7) is 0. The van der Waals surface area contributed by atoms with Crippen LogP contribution in [0.15, 0.2) is 36.4 Å². The van der Waals surface area contributed by atoms with Crippen LogP contribution in [0, 0.1) is 15.9 Å². The van der Waals surface area contributed by atoms with Gasteiger partial charge in [0.25, 0.3) is 0 Å². The van der Waals surface area contributed by atoms with Crippen molar-refractivity contribution in [2.75, 3.05) is 0 Å². The monoisotopic (exact) mass is 286 g/mol. The summed E-state index contributed by atoms with van der Waals surface area (Å²) in [4.78, 5) is 12.9. The third-order valence-electron chi connectivity index (χ3n) is 2.49. The molecule has 0 saturated heterocycles. The SMILES string of the molecule is O=[N+]([O-])c1cccc(-c2cccc(C(F)(F)F)n2)c1F. The van der Waals surface area contributed by atoms with Gasteiger partial charge in [-0.25, -0.2) is 4.98 Å². The molecule has 104 valence electrons. The quantitative estimate of drug-likeness (QED) is 0.479. The number of benzene rings is 1. The Bertz CT molecular complexity index is 671. The van der Waals surface area contributed by atoms with Crippen LogP contribution in [0.4, 0.5) is 23.2 Å². The molecule has 8 heteroatoms. The minimum atomic E-state index is -4.67. The fourth-order valence-electron chi connectivity index (χ4n) is 1.60. The van der Waals surface area contributed by atoms with Gasteiger partial charge in [-0.3, -0.25) is 10.1 Å². The number of nitrogens with zero attached hydrogens (tertiary/aromatic N) is 2. The maximum Gasteiger partial charge on any atom is 0.433 e. The van der Waals surface area contributed by atoms with Gasteiger partial charge in [-0.2, -0.15) is 17.6 Å². The van der Waals surface area contributed by atoms with Crippen LogP contribution in [0.1, 0.15) is 5.69 Å². The molecule has 0 aliphatic rings. The van der Waals surface area contributed by atoms with Crippen molar-refractivity contribution in [3.63, 3.8) is 0 Å². The highest BCUT2D eigenvalue weighted by Crippen LogP contribution is 2.31. The van der Waals surface area contributed by atoms with Gasteiger partial charge < -0.3 is 0 Å². The molecule has 0 atom stereocenters. The summed E-state index contributed by atoms with van der Waals surface area (Å²) in [5.74, 6) is -1.22. The van der Waals surface area contributed by atoms with Crippen LogP contribution in [0.3, 0.4) is 0 Å². The van der Waals surface area contributed by atoms with Crippen molar-refractivity contribution < 1.29 is 22.5 Å². The number of halogens is 4. The number of aromatic nitrogens is 1. The smallest absolute Gasteiger partial charge is 0.258 e. The van der Waals surface area contributed by atoms with Crippen molar-refractivity contribution in [2.45, 2.75) is 6.18 Å². The van der Waals surface area contributed by atoms with E-state index in [2.05, 4.69) is 4.98 Å². The van der Waals surface area contributed by atoms with Crippen LogP contribution < -0.4 is 0 Å². The minimum Gasteiger partial charge on any atom is -0.258 e. The fourth-order valence-corrected chi connectivity index (χ4v) is 1.60. The van der Waals surface area contributed by atoms with Gasteiger partial charge in [-0.05, 0) is 18.2 Å². The third kappa shape index (κ3) is 2.58. The van der Waals surface area contributed by atoms with E-state index in [-0.39, 0.29) is 11.3 Å². The summed E-state index contributed by atoms with van der Waals surface area (Å²) < 4.78 is 51.5. The number of pyridine rings is 1. The van der Waals surface area contributed by atoms with Crippen molar-refractivity contribution in [1.82, 2.24) is 4.98 Å². The van der Waals surface area contributed by atoms with E-state index < -0.39 is 28.3 Å². The largest absolute Gasteiger partial charge is 0.433 e. The molecule has 0 bridgehead atoms. The molecule has 2 rings (SSSR count). The molecule has 4 nitrogen and oxygen atoms in total. The van der Waals surface area contributed by atoms with Crippen LogP contribution in [0.25, 0.3) is 11.3 Å². The lowest BCUT2D eigenvalue weighted by atomic mass is 10.1. The van der Waals surface area contributed by atoms with Crippen LogP contribution in [0.5, 0.6) is 0 Å². The van der Waals surface area contributed by atoms with Crippen molar-refractivity contribution >= 4 is 5.69 Å². The standard InChI is InChI=1S/C12H6F4N2O2/c13-11-7(3-1-5-9(11)18(19)20)8-4-2-6-10(17-8)12(14,15)16/h1-6H. The number of rotatable bonds is 2. The molecule has 0 amide bonds. The van der Waals surface area contributed by atoms with Gasteiger partial charge in [-0.15, -0.1) is 0 Å². The number of alkyl halides is 3. The predicted molar refractivity (Wildman–Crippen MR) is 61.3 cm³/mol. The third-order valence-corrected chi connectivity index (χ3v) is 2.49. The summed E-state index contributed by atoms with van der Waals surface area (Å²) in [6.07, 6.45) is -4.67. The first-order valence-electron chi connectivity index (χ1n) is 5.28. The summed E-state index contributed by atoms with van der Waals surface area (Å²) in [5.41, 5.74) is -2.69. The van der Waals surface area contributed by atoms with Gasteiger partial charge in [0.05, 0.1) is 10.6 Å². The number of hydrogen-bond acceptors (Lipinski definition) is 3. The van der Waals surface area contributed by atoms with E-state index in [1.54, 1.807) is 0 Å². The first-order chi connectivity index (χ1) is 9.30. The van der Waals surface area contributed by atoms with Crippen LogP contribution in [-0.4, -0.2) is 9.91 Å². The van der Waals surface area contributed by atoms with Gasteiger partial charge in [0.1, 0.15) is 5.69 Å². The fraction of sp³-hybridized carbons (Fsp3) is 0.0833. The lowest BCUT2D eigenvalue weighted by Crippen LogP contribution is -2.08. The van der Waals surface area contributed by atoms with Crippen LogP contribution in [0.2, 0.25) is 0 Å². The number of nitro groups is 1. The molecule has 0 spiro atoms. The maximum atomic E-state index is 13.9. The number of hydrogen-bond donors (Lipinski definition) is 0. The van der Waals surface area contributed by atoms with E-state index in [9.17, 15) is 27.7 Å². The van der Waals surface area contributed by atoms with Gasteiger partial charge in [0.15, 0.2) is 0 Å². The van der Waals surface area contributed by atoms with Crippen molar-refractivity contribution in [3.8, 4) is 11.3 Å². The molecule has 20 heavy (non-hydrogen) atoms. The average Bonchev–Trinajstić information content (AvgIpc) is 2.38. The lowest BCUT2D eigenvalue weighted by molar-refractivity contribution is -0.387. The zero-order valence-corrected chi connectivity index (χ0v) is 9.69. The zero-order chi connectivity index (χ0) is 14.9. The number of nitro benzene ring substituents is 1. The second-order valence-electron chi connectivity index (χ2n) is 3.80. The second kappa shape index (κ2) is 4.87. The Morgan fingerprint density at radius 3 is 2.35 bits per heavy atom. The van der Waals surface area contributed by atoms with Gasteiger partial charge in [0.2, 0.25) is 5.82 Å². The lowest BCUT2D eigenvalue weighted by Gasteiger charge is -2.08. The van der Waals surface area contributed by atoms with E-state index in [1.165, 1.54) is 6.07 Å². The molecule has 2 aromatic rings. The Hall–Kier alpha value is -2.51. The van der Waals surface area contributed by atoms with Crippen molar-refractivity contribution in [2.24, 2.45) is 0 Å². The summed E-state index contributed by atoms with van der Waals surface area (Å²) in [7, 11) is 0. The highest BCUT2D eigenvalue weighted by Gasteiger charge is 2.32. The van der Waals surface area contributed by atoms with E-state index in [0.29, 0.717) is 0 Å². The molecule has 0 aliphatic heterocycles. The van der Waals surface area contributed by atoms with Gasteiger partial charge >= 0.3 is 11.9 Å².